The molecule has 2 aromatic rings. The molecule has 0 spiro atoms. The minimum Gasteiger partial charge on any atom is -0.348 e. The van der Waals surface area contributed by atoms with Crippen LogP contribution >= 0.6 is 0 Å². The number of hydrogen-bond acceptors (Lipinski definition) is 0. The molecule has 0 aliphatic rings. The Bertz CT molecular complexity index is 986. The van der Waals surface area contributed by atoms with Crippen molar-refractivity contribution in [2.75, 3.05) is 0 Å². The highest BCUT2D eigenvalue weighted by Crippen LogP contribution is 2.28. The van der Waals surface area contributed by atoms with Crippen molar-refractivity contribution in [2.45, 2.75) is 117 Å². The first-order valence-corrected chi connectivity index (χ1v) is 14.6. The fourth-order valence-corrected chi connectivity index (χ4v) is 4.71. The molecule has 2 heteroatoms. The summed E-state index contributed by atoms with van der Waals surface area (Å²) >= 11 is 0. The van der Waals surface area contributed by atoms with Gasteiger partial charge >= 0.3 is 5.87 Å². The summed E-state index contributed by atoms with van der Waals surface area (Å²) in [5.74, 6) is 2.86. The maximum atomic E-state index is 9.29. The fraction of sp³-hybridized carbons (Fsp3) is 0.529. The highest BCUT2D eigenvalue weighted by atomic mass is 14.8. The van der Waals surface area contributed by atoms with Crippen molar-refractivity contribution in [1.29, 1.82) is 0 Å². The molecule has 0 atom stereocenters. The number of rotatable bonds is 18. The maximum Gasteiger partial charge on any atom is 0.303 e. The lowest BCUT2D eigenvalue weighted by atomic mass is 9.92. The van der Waals surface area contributed by atoms with E-state index < -0.39 is 0 Å². The largest absolute Gasteiger partial charge is 0.348 e. The van der Waals surface area contributed by atoms with Crippen LogP contribution in [0.5, 0.6) is 0 Å². The Morgan fingerprint density at radius 2 is 1.33 bits per heavy atom. The lowest BCUT2D eigenvalue weighted by molar-refractivity contribution is 0.00746. The molecule has 0 aromatic heterocycles. The number of unbranched alkanes of at least 4 members (excludes halogenated alkanes) is 9. The molecule has 0 aliphatic heterocycles. The van der Waals surface area contributed by atoms with E-state index in [0.717, 1.165) is 31.3 Å². The van der Waals surface area contributed by atoms with E-state index >= 15 is 0 Å². The third-order valence-electron chi connectivity index (χ3n) is 6.95. The Kier molecular flexibility index (Phi) is 15.3. The quantitative estimate of drug-likeness (QED) is 0.0663. The molecule has 0 unspecified atom stereocenters. The van der Waals surface area contributed by atoms with Gasteiger partial charge in [-0.2, -0.15) is 0 Å². The molecule has 0 N–H and O–H groups in total. The van der Waals surface area contributed by atoms with Crippen LogP contribution in [0.2, 0.25) is 0 Å². The number of nitrogens with zero attached hydrogens (tertiary/aromatic N) is 2. The maximum absolute atomic E-state index is 9.29. The van der Waals surface area contributed by atoms with Gasteiger partial charge in [-0.25, -0.2) is 0 Å². The Morgan fingerprint density at radius 3 is 2.03 bits per heavy atom. The third kappa shape index (κ3) is 11.4. The zero-order valence-corrected chi connectivity index (χ0v) is 23.2. The van der Waals surface area contributed by atoms with E-state index in [1.807, 2.05) is 0 Å². The monoisotopic (exact) mass is 484 g/mol. The molecule has 0 saturated carbocycles. The molecule has 0 radical (unpaired) electrons. The van der Waals surface area contributed by atoms with Crippen molar-refractivity contribution in [1.82, 2.24) is 0 Å². The molecular weight excluding hydrogens is 436 g/mol. The van der Waals surface area contributed by atoms with Gasteiger partial charge in [-0.15, -0.1) is 4.79 Å². The number of benzene rings is 2. The number of allylic oxidation sites excluding steroid dienone is 2. The molecule has 0 fully saturated rings. The van der Waals surface area contributed by atoms with Gasteiger partial charge in [0.05, 0.1) is 5.57 Å². The van der Waals surface area contributed by atoms with Crippen LogP contribution in [0.1, 0.15) is 126 Å². The smallest absolute Gasteiger partial charge is 0.303 e. The van der Waals surface area contributed by atoms with Gasteiger partial charge in [0.1, 0.15) is 0 Å². The topological polar surface area (TPSA) is 36.4 Å². The summed E-state index contributed by atoms with van der Waals surface area (Å²) in [7, 11) is 0. The second-order valence-electron chi connectivity index (χ2n) is 10.1. The van der Waals surface area contributed by atoms with Crippen LogP contribution in [0, 0.1) is 0 Å². The van der Waals surface area contributed by atoms with Gasteiger partial charge in [0, 0.05) is 0 Å². The molecule has 0 aliphatic carbocycles. The first kappa shape index (κ1) is 29.6. The van der Waals surface area contributed by atoms with E-state index in [4.69, 9.17) is 0 Å². The van der Waals surface area contributed by atoms with Gasteiger partial charge in [-0.3, -0.25) is 0 Å². The zero-order chi connectivity index (χ0) is 25.8. The Balaban J connectivity index is 2.30. The van der Waals surface area contributed by atoms with Crippen LogP contribution in [0.25, 0.3) is 11.1 Å². The summed E-state index contributed by atoms with van der Waals surface area (Å²) in [4.78, 5) is 3.28. The van der Waals surface area contributed by atoms with Crippen molar-refractivity contribution in [3.8, 4) is 0 Å². The van der Waals surface area contributed by atoms with E-state index in [0.29, 0.717) is 0 Å². The van der Waals surface area contributed by atoms with Gasteiger partial charge < -0.3 is 5.53 Å². The van der Waals surface area contributed by atoms with Crippen LogP contribution in [-0.4, -0.2) is 10.7 Å². The standard InChI is InChI=1S/C34H48N2/c1-4-7-10-12-13-15-18-30-20-16-21-33(26-30)34(27-31(28-36-35)19-14-11-8-5-2)32-24-22-29(23-25-32)17-9-6-3/h16,20-27H,4-15,17-19H2,1-3H3. The van der Waals surface area contributed by atoms with Crippen LogP contribution in [-0.2, 0) is 12.8 Å². The highest BCUT2D eigenvalue weighted by Gasteiger charge is 2.10. The number of aryl methyl sites for hydroxylation is 2. The predicted octanol–water partition coefficient (Wildman–Crippen LogP) is 10.2. The van der Waals surface area contributed by atoms with E-state index in [-0.39, 0.29) is 0 Å². The molecular formula is C34H48N2. The van der Waals surface area contributed by atoms with Crippen molar-refractivity contribution in [3.63, 3.8) is 0 Å². The summed E-state index contributed by atoms with van der Waals surface area (Å²) in [6, 6.07) is 18.1. The van der Waals surface area contributed by atoms with Gasteiger partial charge in [0.2, 0.25) is 0 Å². The molecule has 36 heavy (non-hydrogen) atoms. The zero-order valence-electron chi connectivity index (χ0n) is 23.2. The van der Waals surface area contributed by atoms with Crippen molar-refractivity contribution in [3.05, 3.63) is 88.0 Å². The van der Waals surface area contributed by atoms with Gasteiger partial charge in [0.25, 0.3) is 0 Å². The summed E-state index contributed by atoms with van der Waals surface area (Å²) in [6.45, 7) is 6.74. The number of hydrogen-bond donors (Lipinski definition) is 0. The molecule has 194 valence electrons. The third-order valence-corrected chi connectivity index (χ3v) is 6.95. The Morgan fingerprint density at radius 1 is 0.694 bits per heavy atom. The predicted molar refractivity (Wildman–Crippen MR) is 157 cm³/mol. The summed E-state index contributed by atoms with van der Waals surface area (Å²) < 4.78 is 0. The molecule has 2 nitrogen and oxygen atoms in total. The lowest BCUT2D eigenvalue weighted by Gasteiger charge is -2.12. The van der Waals surface area contributed by atoms with Crippen molar-refractivity contribution >= 4 is 11.4 Å². The Hall–Kier alpha value is -2.66. The average molecular weight is 485 g/mol. The summed E-state index contributed by atoms with van der Waals surface area (Å²) in [5.41, 5.74) is 16.7. The minimum absolute atomic E-state index is 0.875. The van der Waals surface area contributed by atoms with Crippen LogP contribution in [0.15, 0.2) is 60.2 Å². The molecule has 2 rings (SSSR count). The highest BCUT2D eigenvalue weighted by molar-refractivity contribution is 5.83. The van der Waals surface area contributed by atoms with E-state index in [9.17, 15) is 5.53 Å². The minimum atomic E-state index is 0.875. The summed E-state index contributed by atoms with van der Waals surface area (Å²) in [6.07, 6.45) is 20.4. The fourth-order valence-electron chi connectivity index (χ4n) is 4.71. The normalized spacial score (nSPS) is 11.2. The van der Waals surface area contributed by atoms with Crippen LogP contribution in [0.4, 0.5) is 0 Å². The van der Waals surface area contributed by atoms with Gasteiger partial charge in [-0.05, 0) is 72.4 Å². The molecule has 0 heterocycles. The van der Waals surface area contributed by atoms with E-state index in [1.165, 1.54) is 98.5 Å². The molecule has 0 amide bonds. The van der Waals surface area contributed by atoms with Crippen molar-refractivity contribution < 1.29 is 4.79 Å². The van der Waals surface area contributed by atoms with Gasteiger partial charge in [-0.1, -0.05) is 127 Å². The van der Waals surface area contributed by atoms with Crippen LogP contribution in [0.3, 0.4) is 0 Å². The van der Waals surface area contributed by atoms with Crippen LogP contribution < -0.4 is 0 Å². The summed E-state index contributed by atoms with van der Waals surface area (Å²) in [5, 5.41) is 0. The average Bonchev–Trinajstić information content (AvgIpc) is 2.91. The molecule has 0 bridgehead atoms. The lowest BCUT2D eigenvalue weighted by Crippen LogP contribution is -1.95. The Labute approximate surface area is 221 Å². The second-order valence-corrected chi connectivity index (χ2v) is 10.1. The SMILES string of the molecule is CCCCCCCCc1cccc(C(=CC(=C=[N+]=[N-])CCCCCC)c2ccc(CCCC)cc2)c1. The second kappa shape index (κ2) is 18.6. The van der Waals surface area contributed by atoms with E-state index in [1.54, 1.807) is 0 Å². The van der Waals surface area contributed by atoms with E-state index in [2.05, 4.69) is 86.0 Å². The molecule has 2 aromatic carbocycles. The first-order chi connectivity index (χ1) is 17.7. The first-order valence-electron chi connectivity index (χ1n) is 14.6. The van der Waals surface area contributed by atoms with Crippen molar-refractivity contribution in [2.24, 2.45) is 0 Å². The van der Waals surface area contributed by atoms with Gasteiger partial charge in [0.15, 0.2) is 0 Å². The molecule has 0 saturated heterocycles.